The third-order valence-corrected chi connectivity index (χ3v) is 4.99. The molecule has 5 heteroatoms. The van der Waals surface area contributed by atoms with Gasteiger partial charge in [0.25, 0.3) is 0 Å². The molecule has 1 saturated carbocycles. The van der Waals surface area contributed by atoms with Crippen LogP contribution in [0, 0.1) is 5.41 Å². The number of nitrogens with one attached hydrogen (secondary N) is 1. The summed E-state index contributed by atoms with van der Waals surface area (Å²) in [6.07, 6.45) is 0.730. The number of hydrogen-bond donors (Lipinski definition) is 1. The number of rotatable bonds is 3. The first-order valence-electron chi connectivity index (χ1n) is 4.43. The Balaban J connectivity index is 2.60. The molecule has 0 amide bonds. The molecule has 0 aromatic rings. The quantitative estimate of drug-likeness (QED) is 0.737. The lowest BCUT2D eigenvalue weighted by atomic mass is 9.67. The van der Waals surface area contributed by atoms with Crippen molar-refractivity contribution in [3.05, 3.63) is 0 Å². The lowest BCUT2D eigenvalue weighted by Gasteiger charge is -2.48. The van der Waals surface area contributed by atoms with Crippen molar-refractivity contribution in [2.24, 2.45) is 5.41 Å². The van der Waals surface area contributed by atoms with E-state index in [1.165, 1.54) is 0 Å². The molecule has 0 heterocycles. The van der Waals surface area contributed by atoms with E-state index in [2.05, 4.69) is 4.72 Å². The van der Waals surface area contributed by atoms with Crippen LogP contribution in [0.25, 0.3) is 0 Å². The minimum absolute atomic E-state index is 0.0000463. The maximum atomic E-state index is 11.2. The molecule has 0 aromatic carbocycles. The van der Waals surface area contributed by atoms with Crippen LogP contribution in [0.2, 0.25) is 0 Å². The molecular weight excluding hydrogens is 210 g/mol. The van der Waals surface area contributed by atoms with Crippen LogP contribution >= 0.6 is 11.6 Å². The van der Waals surface area contributed by atoms with Gasteiger partial charge in [-0.25, -0.2) is 13.1 Å². The highest BCUT2D eigenvalue weighted by atomic mass is 35.5. The summed E-state index contributed by atoms with van der Waals surface area (Å²) in [5, 5.41) is 0.0806. The van der Waals surface area contributed by atoms with Crippen molar-refractivity contribution in [1.82, 2.24) is 4.72 Å². The third kappa shape index (κ3) is 2.17. The predicted octanol–water partition coefficient (Wildman–Crippen LogP) is 1.33. The van der Waals surface area contributed by atoms with Crippen molar-refractivity contribution in [2.75, 3.05) is 5.75 Å². The maximum Gasteiger partial charge on any atom is 0.211 e. The van der Waals surface area contributed by atoms with E-state index < -0.39 is 10.0 Å². The molecule has 1 aliphatic rings. The van der Waals surface area contributed by atoms with Crippen molar-refractivity contribution < 1.29 is 8.42 Å². The number of halogens is 1. The number of alkyl halides is 1. The van der Waals surface area contributed by atoms with Crippen LogP contribution in [0.15, 0.2) is 0 Å². The summed E-state index contributed by atoms with van der Waals surface area (Å²) in [5.74, 6) is 0.131. The zero-order valence-electron chi connectivity index (χ0n) is 8.17. The lowest BCUT2D eigenvalue weighted by Crippen LogP contribution is -2.59. The normalized spacial score (nSPS) is 32.6. The highest BCUT2D eigenvalue weighted by molar-refractivity contribution is 7.89. The molecule has 1 N–H and O–H groups in total. The summed E-state index contributed by atoms with van der Waals surface area (Å²) in [6.45, 7) is 5.60. The Morgan fingerprint density at radius 3 is 2.38 bits per heavy atom. The summed E-state index contributed by atoms with van der Waals surface area (Å²) >= 11 is 5.97. The fraction of sp³-hybridized carbons (Fsp3) is 1.00. The fourth-order valence-corrected chi connectivity index (χ4v) is 2.70. The van der Waals surface area contributed by atoms with E-state index in [0.29, 0.717) is 0 Å². The first-order chi connectivity index (χ1) is 5.79. The van der Waals surface area contributed by atoms with Crippen LogP contribution in [0.3, 0.4) is 0 Å². The van der Waals surface area contributed by atoms with E-state index in [9.17, 15) is 8.42 Å². The molecule has 0 aliphatic heterocycles. The van der Waals surface area contributed by atoms with Crippen molar-refractivity contribution in [3.8, 4) is 0 Å². The van der Waals surface area contributed by atoms with E-state index in [0.717, 1.165) is 6.42 Å². The Hall–Kier alpha value is 0.200. The molecule has 0 bridgehead atoms. The van der Waals surface area contributed by atoms with Gasteiger partial charge in [0.1, 0.15) is 0 Å². The molecule has 1 aliphatic carbocycles. The van der Waals surface area contributed by atoms with Gasteiger partial charge in [-0.05, 0) is 18.8 Å². The molecule has 2 atom stereocenters. The monoisotopic (exact) mass is 225 g/mol. The van der Waals surface area contributed by atoms with Crippen molar-refractivity contribution in [3.63, 3.8) is 0 Å². The Labute approximate surface area is 84.9 Å². The van der Waals surface area contributed by atoms with Gasteiger partial charge in [0.15, 0.2) is 0 Å². The van der Waals surface area contributed by atoms with Crippen LogP contribution < -0.4 is 4.72 Å². The zero-order valence-corrected chi connectivity index (χ0v) is 9.74. The van der Waals surface area contributed by atoms with Gasteiger partial charge in [0.05, 0.1) is 5.75 Å². The summed E-state index contributed by atoms with van der Waals surface area (Å²) in [4.78, 5) is 0. The highest BCUT2D eigenvalue weighted by Crippen LogP contribution is 2.44. The number of sulfonamides is 1. The largest absolute Gasteiger partial charge is 0.212 e. The average Bonchev–Trinajstić information content (AvgIpc) is 2.04. The minimum Gasteiger partial charge on any atom is -0.212 e. The van der Waals surface area contributed by atoms with Gasteiger partial charge in [-0.2, -0.15) is 0 Å². The first-order valence-corrected chi connectivity index (χ1v) is 6.52. The number of hydrogen-bond acceptors (Lipinski definition) is 2. The molecule has 0 spiro atoms. The standard InChI is InChI=1S/C8H16ClNO2S/c1-4-13(11,12)10-7-5-6(9)8(7,2)3/h6-7,10H,4-5H2,1-3H3. The molecule has 1 fully saturated rings. The summed E-state index contributed by atoms with van der Waals surface area (Å²) in [7, 11) is -3.08. The topological polar surface area (TPSA) is 46.2 Å². The van der Waals surface area contributed by atoms with Crippen LogP contribution in [0.5, 0.6) is 0 Å². The Kier molecular flexibility index (Phi) is 2.95. The van der Waals surface area contributed by atoms with Crippen molar-refractivity contribution >= 4 is 21.6 Å². The summed E-state index contributed by atoms with van der Waals surface area (Å²) < 4.78 is 25.1. The van der Waals surface area contributed by atoms with E-state index in [1.807, 2.05) is 13.8 Å². The molecule has 78 valence electrons. The Morgan fingerprint density at radius 2 is 2.08 bits per heavy atom. The second-order valence-electron chi connectivity index (χ2n) is 4.10. The van der Waals surface area contributed by atoms with Gasteiger partial charge >= 0.3 is 0 Å². The van der Waals surface area contributed by atoms with Crippen molar-refractivity contribution in [2.45, 2.75) is 38.6 Å². The van der Waals surface area contributed by atoms with E-state index in [4.69, 9.17) is 11.6 Å². The minimum atomic E-state index is -3.08. The molecule has 1 rings (SSSR count). The first kappa shape index (κ1) is 11.3. The van der Waals surface area contributed by atoms with Gasteiger partial charge < -0.3 is 0 Å². The fourth-order valence-electron chi connectivity index (χ4n) is 1.37. The second-order valence-corrected chi connectivity index (χ2v) is 6.67. The second kappa shape index (κ2) is 3.41. The zero-order chi connectivity index (χ0) is 10.3. The Morgan fingerprint density at radius 1 is 1.54 bits per heavy atom. The maximum absolute atomic E-state index is 11.2. The molecular formula is C8H16ClNO2S. The van der Waals surface area contributed by atoms with Gasteiger partial charge in [-0.1, -0.05) is 13.8 Å². The predicted molar refractivity (Wildman–Crippen MR) is 54.4 cm³/mol. The van der Waals surface area contributed by atoms with Gasteiger partial charge in [-0.3, -0.25) is 0 Å². The van der Waals surface area contributed by atoms with Gasteiger partial charge in [0.2, 0.25) is 10.0 Å². The smallest absolute Gasteiger partial charge is 0.211 e. The molecule has 13 heavy (non-hydrogen) atoms. The Bertz CT molecular complexity index is 287. The molecule has 0 saturated heterocycles. The third-order valence-electron chi connectivity index (χ3n) is 2.85. The SMILES string of the molecule is CCS(=O)(=O)NC1CC(Cl)C1(C)C. The van der Waals surface area contributed by atoms with E-state index in [1.54, 1.807) is 6.92 Å². The summed E-state index contributed by atoms with van der Waals surface area (Å²) in [5.41, 5.74) is -0.121. The average molecular weight is 226 g/mol. The van der Waals surface area contributed by atoms with Crippen LogP contribution in [0.1, 0.15) is 27.2 Å². The van der Waals surface area contributed by atoms with Gasteiger partial charge in [0, 0.05) is 11.4 Å². The molecule has 0 aromatic heterocycles. The van der Waals surface area contributed by atoms with E-state index >= 15 is 0 Å². The van der Waals surface area contributed by atoms with Gasteiger partial charge in [-0.15, -0.1) is 11.6 Å². The van der Waals surface area contributed by atoms with Crippen LogP contribution in [-0.4, -0.2) is 25.6 Å². The molecule has 0 radical (unpaired) electrons. The summed E-state index contributed by atoms with van der Waals surface area (Å²) in [6, 6.07) is -0.0000463. The molecule has 2 unspecified atom stereocenters. The van der Waals surface area contributed by atoms with E-state index in [-0.39, 0.29) is 22.6 Å². The van der Waals surface area contributed by atoms with Crippen LogP contribution in [0.4, 0.5) is 0 Å². The van der Waals surface area contributed by atoms with Crippen LogP contribution in [-0.2, 0) is 10.0 Å². The lowest BCUT2D eigenvalue weighted by molar-refractivity contribution is 0.137. The molecule has 3 nitrogen and oxygen atoms in total. The highest BCUT2D eigenvalue weighted by Gasteiger charge is 2.48. The van der Waals surface area contributed by atoms with Crippen molar-refractivity contribution in [1.29, 1.82) is 0 Å².